The third kappa shape index (κ3) is 5.95. The van der Waals surface area contributed by atoms with Gasteiger partial charge in [0, 0.05) is 41.8 Å². The monoisotopic (exact) mass is 553 g/mol. The topological polar surface area (TPSA) is 123 Å². The first-order valence-corrected chi connectivity index (χ1v) is 12.9. The fraction of sp³-hybridized carbons (Fsp3) is 0.407. The maximum atomic E-state index is 12.4. The van der Waals surface area contributed by atoms with Crippen LogP contribution in [0.4, 0.5) is 5.82 Å². The average molecular weight is 554 g/mol. The number of aromatic nitrogens is 3. The van der Waals surface area contributed by atoms with E-state index in [4.69, 9.17) is 10.7 Å². The van der Waals surface area contributed by atoms with Crippen molar-refractivity contribution in [3.05, 3.63) is 74.6 Å². The quantitative estimate of drug-likeness (QED) is 0.373. The van der Waals surface area contributed by atoms with Gasteiger partial charge in [0.2, 0.25) is 0 Å². The number of aliphatic carboxylic acids is 1. The van der Waals surface area contributed by atoms with Crippen molar-refractivity contribution in [2.24, 2.45) is 5.73 Å². The molecule has 3 aromatic rings. The van der Waals surface area contributed by atoms with Gasteiger partial charge < -0.3 is 16.2 Å². The van der Waals surface area contributed by atoms with Gasteiger partial charge in [0.05, 0.1) is 17.7 Å². The number of hydrogen-bond donors (Lipinski definition) is 3. The number of nitrogens with two attached hydrogens (primary N) is 1. The van der Waals surface area contributed by atoms with E-state index in [1.54, 1.807) is 10.9 Å². The summed E-state index contributed by atoms with van der Waals surface area (Å²) in [5.74, 6) is -1.30. The van der Waals surface area contributed by atoms with Crippen molar-refractivity contribution in [3.8, 4) is 0 Å². The molecule has 0 aliphatic carbocycles. The van der Waals surface area contributed by atoms with E-state index >= 15 is 0 Å². The van der Waals surface area contributed by atoms with Gasteiger partial charge in [-0.3, -0.25) is 14.3 Å². The predicted octanol–water partition coefficient (Wildman–Crippen LogP) is 4.64. The fourth-order valence-electron chi connectivity index (χ4n) is 4.53. The number of nitrogens with zero attached hydrogens (tertiary/aromatic N) is 3. The second-order valence-corrected chi connectivity index (χ2v) is 11.2. The van der Waals surface area contributed by atoms with Crippen molar-refractivity contribution in [1.82, 2.24) is 14.8 Å². The van der Waals surface area contributed by atoms with Crippen LogP contribution in [-0.2, 0) is 29.6 Å². The molecule has 4 rings (SSSR count). The molecule has 0 fully saturated rings. The lowest BCUT2D eigenvalue weighted by Gasteiger charge is -2.23. The zero-order valence-corrected chi connectivity index (χ0v) is 22.4. The molecule has 1 amide bonds. The fourth-order valence-corrected chi connectivity index (χ4v) is 5.04. The molecule has 3 heterocycles. The van der Waals surface area contributed by atoms with E-state index in [-0.39, 0.29) is 17.4 Å². The summed E-state index contributed by atoms with van der Waals surface area (Å²) in [7, 11) is 0. The largest absolute Gasteiger partial charge is 0.481 e. The zero-order valence-electron chi connectivity index (χ0n) is 20.8. The summed E-state index contributed by atoms with van der Waals surface area (Å²) in [6.07, 6.45) is 4.15. The van der Waals surface area contributed by atoms with Crippen LogP contribution in [0.1, 0.15) is 78.0 Å². The van der Waals surface area contributed by atoms with E-state index in [9.17, 15) is 14.7 Å². The highest BCUT2D eigenvalue weighted by molar-refractivity contribution is 9.10. The van der Waals surface area contributed by atoms with Crippen LogP contribution in [0.2, 0.25) is 0 Å². The minimum absolute atomic E-state index is 0.144. The third-order valence-electron chi connectivity index (χ3n) is 6.50. The molecule has 0 bridgehead atoms. The Balaban J connectivity index is 1.67. The van der Waals surface area contributed by atoms with Crippen molar-refractivity contribution in [3.63, 3.8) is 0 Å². The van der Waals surface area contributed by atoms with Crippen LogP contribution in [-0.4, -0.2) is 38.3 Å². The number of carboxylic acid groups (broad SMARTS) is 1. The Bertz CT molecular complexity index is 1300. The van der Waals surface area contributed by atoms with Crippen molar-refractivity contribution in [2.45, 2.75) is 64.3 Å². The predicted molar refractivity (Wildman–Crippen MR) is 142 cm³/mol. The molecule has 1 aliphatic heterocycles. The minimum atomic E-state index is -0.979. The Hall–Kier alpha value is -3.20. The number of pyridine rings is 1. The number of primary amides is 1. The first-order valence-electron chi connectivity index (χ1n) is 12.1. The Morgan fingerprint density at radius 2 is 2.03 bits per heavy atom. The highest BCUT2D eigenvalue weighted by Gasteiger charge is 2.28. The number of hydrogen-bond acceptors (Lipinski definition) is 5. The molecule has 0 saturated heterocycles. The second-order valence-electron chi connectivity index (χ2n) is 10.3. The number of carboxylic acids is 1. The molecule has 1 aliphatic rings. The number of amides is 1. The van der Waals surface area contributed by atoms with Gasteiger partial charge >= 0.3 is 5.97 Å². The zero-order chi connectivity index (χ0) is 26.0. The second kappa shape index (κ2) is 10.4. The Morgan fingerprint density at radius 3 is 2.72 bits per heavy atom. The number of anilines is 1. The van der Waals surface area contributed by atoms with Gasteiger partial charge in [0.15, 0.2) is 0 Å². The van der Waals surface area contributed by atoms with Gasteiger partial charge in [0.25, 0.3) is 5.91 Å². The molecule has 0 radical (unpaired) electrons. The lowest BCUT2D eigenvalue weighted by atomic mass is 9.82. The highest BCUT2D eigenvalue weighted by Crippen LogP contribution is 2.35. The van der Waals surface area contributed by atoms with E-state index in [1.165, 1.54) is 5.56 Å². The van der Waals surface area contributed by atoms with Crippen molar-refractivity contribution in [1.29, 1.82) is 0 Å². The van der Waals surface area contributed by atoms with Crippen LogP contribution >= 0.6 is 15.9 Å². The number of aryl methyl sites for hydroxylation is 3. The Labute approximate surface area is 219 Å². The van der Waals surface area contributed by atoms with Crippen LogP contribution in [0.15, 0.2) is 41.0 Å². The molecule has 0 unspecified atom stereocenters. The molecule has 4 N–H and O–H groups in total. The molecular formula is C27H32BrN5O3. The number of carbonyl (C=O) groups is 2. The first-order chi connectivity index (χ1) is 17.0. The Morgan fingerprint density at radius 1 is 1.25 bits per heavy atom. The van der Waals surface area contributed by atoms with Gasteiger partial charge in [-0.2, -0.15) is 5.10 Å². The molecule has 1 aromatic carbocycles. The third-order valence-corrected chi connectivity index (χ3v) is 6.96. The molecule has 2 aromatic heterocycles. The summed E-state index contributed by atoms with van der Waals surface area (Å²) >= 11 is 3.57. The first kappa shape index (κ1) is 25.9. The van der Waals surface area contributed by atoms with Crippen LogP contribution in [0.3, 0.4) is 0 Å². The molecule has 190 valence electrons. The molecule has 8 nitrogen and oxygen atoms in total. The normalized spacial score (nSPS) is 14.1. The minimum Gasteiger partial charge on any atom is -0.481 e. The molecule has 9 heteroatoms. The number of halogens is 1. The smallest absolute Gasteiger partial charge is 0.304 e. The lowest BCUT2D eigenvalue weighted by molar-refractivity contribution is -0.137. The summed E-state index contributed by atoms with van der Waals surface area (Å²) in [6.45, 7) is 7.69. The summed E-state index contributed by atoms with van der Waals surface area (Å²) < 4.78 is 2.51. The summed E-state index contributed by atoms with van der Waals surface area (Å²) in [4.78, 5) is 29.0. The van der Waals surface area contributed by atoms with Crippen LogP contribution in [0.5, 0.6) is 0 Å². The van der Waals surface area contributed by atoms with E-state index in [0.717, 1.165) is 46.5 Å². The maximum absolute atomic E-state index is 12.4. The molecular weight excluding hydrogens is 522 g/mol. The number of benzene rings is 1. The molecule has 36 heavy (non-hydrogen) atoms. The van der Waals surface area contributed by atoms with Gasteiger partial charge in [-0.05, 0) is 53.1 Å². The molecule has 1 atom stereocenters. The van der Waals surface area contributed by atoms with Gasteiger partial charge in [-0.15, -0.1) is 0 Å². The molecule has 0 spiro atoms. The molecule has 0 saturated carbocycles. The van der Waals surface area contributed by atoms with E-state index in [1.807, 2.05) is 24.3 Å². The number of carbonyl (C=O) groups excluding carboxylic acids is 1. The summed E-state index contributed by atoms with van der Waals surface area (Å²) in [5, 5.41) is 17.7. The SMILES string of the molecule is CC(C)(C)c1cc(Br)cc([C@H](CC(=O)O)c2nn(CCc3ccc4c(n3)NCCC4)cc2C(N)=O)c1. The van der Waals surface area contributed by atoms with Gasteiger partial charge in [-0.25, -0.2) is 4.98 Å². The van der Waals surface area contributed by atoms with Crippen LogP contribution < -0.4 is 11.1 Å². The van der Waals surface area contributed by atoms with Crippen molar-refractivity contribution < 1.29 is 14.7 Å². The van der Waals surface area contributed by atoms with Crippen molar-refractivity contribution >= 4 is 33.6 Å². The number of fused-ring (bicyclic) bond motifs is 1. The highest BCUT2D eigenvalue weighted by atomic mass is 79.9. The number of nitrogens with one attached hydrogen (secondary N) is 1. The maximum Gasteiger partial charge on any atom is 0.304 e. The van der Waals surface area contributed by atoms with Gasteiger partial charge in [0.1, 0.15) is 5.82 Å². The van der Waals surface area contributed by atoms with Gasteiger partial charge in [-0.1, -0.05) is 48.8 Å². The van der Waals surface area contributed by atoms with E-state index < -0.39 is 17.8 Å². The summed E-state index contributed by atoms with van der Waals surface area (Å²) in [6, 6.07) is 10.0. The van der Waals surface area contributed by atoms with E-state index in [0.29, 0.717) is 18.7 Å². The number of rotatable bonds is 8. The van der Waals surface area contributed by atoms with Crippen LogP contribution in [0.25, 0.3) is 0 Å². The Kier molecular flexibility index (Phi) is 7.49. The van der Waals surface area contributed by atoms with E-state index in [2.05, 4.69) is 53.2 Å². The summed E-state index contributed by atoms with van der Waals surface area (Å²) in [5.41, 5.74) is 10.2. The standard InChI is InChI=1S/C27H32BrN5O3/c1-27(2,3)18-11-17(12-19(28)13-18)21(14-23(34)35)24-22(25(29)36)15-33(32-24)10-8-20-7-6-16-5-4-9-30-26(16)31-20/h6-7,11-13,15,21H,4-5,8-10,14H2,1-3H3,(H2,29,36)(H,30,31)(H,34,35)/t21-/m0/s1. The van der Waals surface area contributed by atoms with Crippen molar-refractivity contribution in [2.75, 3.05) is 11.9 Å². The van der Waals surface area contributed by atoms with Crippen LogP contribution in [0, 0.1) is 0 Å². The average Bonchev–Trinajstić information content (AvgIpc) is 3.24. The lowest BCUT2D eigenvalue weighted by Crippen LogP contribution is -2.18.